The highest BCUT2D eigenvalue weighted by atomic mass is 31.2. The molecule has 0 spiro atoms. The van der Waals surface area contributed by atoms with Crippen LogP contribution in [0.25, 0.3) is 17.0 Å². The van der Waals surface area contributed by atoms with Crippen LogP contribution in [0.15, 0.2) is 43.7 Å². The number of anilines is 2. The van der Waals surface area contributed by atoms with Crippen molar-refractivity contribution < 1.29 is 57.0 Å². The molecule has 13 N–H and O–H groups in total. The quantitative estimate of drug-likeness (QED) is 0.127. The fourth-order valence-electron chi connectivity index (χ4n) is 4.65. The number of aliphatic hydroxyl groups is 1. The molecule has 0 radical (unpaired) electrons. The molecule has 3 aromatic rings. The molecule has 24 nitrogen and oxygen atoms in total. The summed E-state index contributed by atoms with van der Waals surface area (Å²) >= 11 is 0. The maximum absolute atomic E-state index is 12.3. The molecular formula is C19H23N11O13P2+2. The maximum atomic E-state index is 12.3. The van der Waals surface area contributed by atoms with E-state index < -0.39 is 93.5 Å². The van der Waals surface area contributed by atoms with Gasteiger partial charge < -0.3 is 30.8 Å². The molecule has 4 atom stereocenters. The average molecular weight is 675 g/mol. The Morgan fingerprint density at radius 2 is 1.93 bits per heavy atom. The lowest BCUT2D eigenvalue weighted by molar-refractivity contribution is 0.102. The monoisotopic (exact) mass is 675 g/mol. The Morgan fingerprint density at radius 1 is 1.13 bits per heavy atom. The molecule has 0 aliphatic carbocycles. The van der Waals surface area contributed by atoms with Crippen LogP contribution >= 0.6 is 16.3 Å². The van der Waals surface area contributed by atoms with Gasteiger partial charge >= 0.3 is 16.3 Å². The summed E-state index contributed by atoms with van der Waals surface area (Å²) in [6.07, 6.45) is -1.73. The fourth-order valence-corrected chi connectivity index (χ4v) is 6.13. The predicted molar refractivity (Wildman–Crippen MR) is 146 cm³/mol. The molecule has 1 fully saturated rings. The summed E-state index contributed by atoms with van der Waals surface area (Å²) in [4.78, 5) is 65.1. The first-order valence-corrected chi connectivity index (χ1v) is 15.6. The molecule has 3 aromatic heterocycles. The lowest BCUT2D eigenvalue weighted by atomic mass is 10.1. The van der Waals surface area contributed by atoms with Crippen molar-refractivity contribution >= 4 is 45.2 Å². The van der Waals surface area contributed by atoms with E-state index in [0.717, 1.165) is 15.9 Å². The van der Waals surface area contributed by atoms with Crippen molar-refractivity contribution in [3.05, 3.63) is 40.2 Å². The van der Waals surface area contributed by atoms with E-state index in [2.05, 4.69) is 35.9 Å². The first-order chi connectivity index (χ1) is 21.3. The number of nitrogens with one attached hydrogen (secondary N) is 3. The molecule has 0 amide bonds. The molecule has 240 valence electrons. The van der Waals surface area contributed by atoms with Gasteiger partial charge in [0, 0.05) is 6.67 Å². The Kier molecular flexibility index (Phi) is 6.84. The van der Waals surface area contributed by atoms with Gasteiger partial charge in [-0.1, -0.05) is 5.22 Å². The van der Waals surface area contributed by atoms with E-state index in [0.29, 0.717) is 6.26 Å². The zero-order chi connectivity index (χ0) is 31.8. The van der Waals surface area contributed by atoms with Gasteiger partial charge in [0.15, 0.2) is 41.7 Å². The highest BCUT2D eigenvalue weighted by molar-refractivity contribution is 7.55. The van der Waals surface area contributed by atoms with Crippen molar-refractivity contribution in [3.63, 3.8) is 0 Å². The highest BCUT2D eigenvalue weighted by Crippen LogP contribution is 2.61. The summed E-state index contributed by atoms with van der Waals surface area (Å²) in [6, 6.07) is -0.619. The summed E-state index contributed by atoms with van der Waals surface area (Å²) in [5, 5.41) is 37.0. The average Bonchev–Trinajstić information content (AvgIpc) is 3.72. The van der Waals surface area contributed by atoms with Crippen LogP contribution in [0.1, 0.15) is 5.76 Å². The number of aromatic nitrogens is 4. The molecule has 7 heterocycles. The van der Waals surface area contributed by atoms with Crippen molar-refractivity contribution in [3.8, 4) is 11.5 Å². The number of hydrogen-bond acceptors (Lipinski definition) is 22. The molecule has 26 heteroatoms. The summed E-state index contributed by atoms with van der Waals surface area (Å²) in [5.41, 5.74) is 10.5. The second-order valence-electron chi connectivity index (χ2n) is 9.58. The Morgan fingerprint density at radius 3 is 2.73 bits per heavy atom. The van der Waals surface area contributed by atoms with E-state index in [9.17, 15) is 34.6 Å². The molecule has 0 saturated carbocycles. The number of hydrogen-bond donors (Lipinski definition) is 11. The summed E-state index contributed by atoms with van der Waals surface area (Å²) in [6.45, 7) is -0.687. The fraction of sp³-hybridized carbons (Fsp3) is 0.316. The number of rotatable bonds is 2. The van der Waals surface area contributed by atoms with E-state index >= 15 is 0 Å². The van der Waals surface area contributed by atoms with E-state index in [1.54, 1.807) is 0 Å². The van der Waals surface area contributed by atoms with Gasteiger partial charge in [0.2, 0.25) is 11.7 Å². The number of ether oxygens (including phenoxy) is 1. The predicted octanol–water partition coefficient (Wildman–Crippen LogP) is -2.36. The first-order valence-electron chi connectivity index (χ1n) is 12.5. The smallest absolute Gasteiger partial charge is 0.500 e. The Bertz CT molecular complexity index is 1840. The molecule has 4 aliphatic heterocycles. The zero-order valence-electron chi connectivity index (χ0n) is 22.2. The first kappa shape index (κ1) is 29.5. The lowest BCUT2D eigenvalue weighted by Crippen LogP contribution is -2.65. The van der Waals surface area contributed by atoms with Crippen LogP contribution in [0.2, 0.25) is 0 Å². The minimum absolute atomic E-state index is 0.188. The molecule has 7 rings (SSSR count). The van der Waals surface area contributed by atoms with Gasteiger partial charge in [-0.15, -0.1) is 4.52 Å². The number of aliphatic hydroxyl groups excluding tert-OH is 1. The van der Waals surface area contributed by atoms with Crippen molar-refractivity contribution in [2.75, 3.05) is 17.4 Å². The Labute approximate surface area is 249 Å². The molecule has 0 aromatic carbocycles. The number of imidazole rings is 1. The normalized spacial score (nSPS) is 28.4. The van der Waals surface area contributed by atoms with Crippen molar-refractivity contribution in [1.82, 2.24) is 30.2 Å². The molecule has 2 bridgehead atoms. The van der Waals surface area contributed by atoms with E-state index in [-0.39, 0.29) is 23.8 Å². The number of aromatic amines is 1. The number of nitrogens with zero attached hydrogens (tertiary/aromatic N) is 6. The number of furan rings is 1. The number of nitrogen functional groups attached to an aromatic ring is 1. The van der Waals surface area contributed by atoms with Crippen LogP contribution in [-0.4, -0.2) is 80.5 Å². The van der Waals surface area contributed by atoms with Crippen molar-refractivity contribution in [2.45, 2.75) is 31.1 Å². The van der Waals surface area contributed by atoms with Crippen LogP contribution in [0, 0.1) is 0 Å². The highest BCUT2D eigenvalue weighted by Gasteiger charge is 2.53. The van der Waals surface area contributed by atoms with Crippen LogP contribution in [0.5, 0.6) is 11.5 Å². The molecule has 45 heavy (non-hydrogen) atoms. The summed E-state index contributed by atoms with van der Waals surface area (Å²) in [7, 11) is -9.95. The molecule has 4 aliphatic rings. The van der Waals surface area contributed by atoms with Crippen LogP contribution < -0.4 is 37.2 Å². The number of H-pyrrole nitrogens is 1. The zero-order valence-corrected chi connectivity index (χ0v) is 23.9. The minimum atomic E-state index is -4.97. The molecular weight excluding hydrogens is 652 g/mol. The van der Waals surface area contributed by atoms with E-state index in [4.69, 9.17) is 38.7 Å². The Balaban J connectivity index is 1.27. The van der Waals surface area contributed by atoms with Crippen molar-refractivity contribution in [2.24, 2.45) is 16.1 Å². The second-order valence-corrected chi connectivity index (χ2v) is 12.4. The van der Waals surface area contributed by atoms with Gasteiger partial charge in [0.1, 0.15) is 18.5 Å². The number of nitrogens with two attached hydrogens (primary N) is 2. The SMILES string of the molecule is Nc1nc2c(ncn2C2=C3O[P+](O)(O)OCc4oc(N5N=NC6C5NCN[C@H]6N)c(O)c4O[P+](O)(O)O/C=C(/O2)[C@H]3O)c(=O)[nH]1. The van der Waals surface area contributed by atoms with Gasteiger partial charge in [0.25, 0.3) is 28.8 Å². The lowest BCUT2D eigenvalue weighted by Gasteiger charge is -2.33. The Hall–Kier alpha value is -4.19. The summed E-state index contributed by atoms with van der Waals surface area (Å²) < 4.78 is 32.8. The number of fused-ring (bicyclic) bond motifs is 5. The second kappa shape index (κ2) is 10.4. The molecule has 2 unspecified atom stereocenters. The maximum Gasteiger partial charge on any atom is 0.663 e. The third kappa shape index (κ3) is 5.08. The standard InChI is InChI=1S/C19H21N11O13P2/c20-13-7-14(23-3-22-13)30(28-27-7)17-10(32)11-6(41-17)2-39-45(36,37)43-12-9(31)5(1-38-44(34,35)42-11)40-18(12)29-4-24-8-15(29)25-19(21)26-16(8)33/h1,4,7,9,13-14,22-23,31,34-37H,2-3,20H2,(H2-2,21,25,26,32,33)/p+2/b5-1+/t7?,9-,13-,14?/m1/s1. The molecule has 1 saturated heterocycles. The van der Waals surface area contributed by atoms with Gasteiger partial charge in [-0.2, -0.15) is 34.7 Å². The van der Waals surface area contributed by atoms with Gasteiger partial charge in [-0.25, -0.2) is 14.1 Å². The summed E-state index contributed by atoms with van der Waals surface area (Å²) in [5.74, 6) is -4.58. The largest absolute Gasteiger partial charge is 0.663 e. The van der Waals surface area contributed by atoms with Crippen LogP contribution in [-0.2, 0) is 24.9 Å². The van der Waals surface area contributed by atoms with Gasteiger partial charge in [0.05, 0.1) is 6.17 Å². The van der Waals surface area contributed by atoms with Crippen LogP contribution in [0.4, 0.5) is 11.8 Å². The third-order valence-electron chi connectivity index (χ3n) is 6.67. The van der Waals surface area contributed by atoms with E-state index in [1.807, 2.05) is 0 Å². The van der Waals surface area contributed by atoms with E-state index in [1.165, 1.54) is 0 Å². The van der Waals surface area contributed by atoms with Crippen LogP contribution in [0.3, 0.4) is 0 Å². The van der Waals surface area contributed by atoms with Gasteiger partial charge in [-0.3, -0.25) is 29.5 Å². The van der Waals surface area contributed by atoms with Crippen molar-refractivity contribution in [1.29, 1.82) is 0 Å². The van der Waals surface area contributed by atoms with Gasteiger partial charge in [-0.05, 0) is 0 Å². The third-order valence-corrected chi connectivity index (χ3v) is 8.37. The minimum Gasteiger partial charge on any atom is -0.500 e. The number of aromatic hydroxyl groups is 1. The topological polar surface area (TPSA) is 348 Å².